The molecular formula is C12H18FNO2. The number of rotatable bonds is 5. The Hall–Kier alpha value is -1.13. The van der Waals surface area contributed by atoms with Gasteiger partial charge in [0.25, 0.3) is 0 Å². The molecule has 1 rings (SSSR count). The molecule has 16 heavy (non-hydrogen) atoms. The number of ether oxygens (including phenoxy) is 1. The molecule has 0 aliphatic heterocycles. The van der Waals surface area contributed by atoms with E-state index in [1.54, 1.807) is 26.0 Å². The fourth-order valence-corrected chi connectivity index (χ4v) is 1.33. The highest BCUT2D eigenvalue weighted by Gasteiger charge is 2.11. The lowest BCUT2D eigenvalue weighted by atomic mass is 10.1. The van der Waals surface area contributed by atoms with Gasteiger partial charge in [0.2, 0.25) is 0 Å². The largest absolute Gasteiger partial charge is 0.494 e. The summed E-state index contributed by atoms with van der Waals surface area (Å²) in [6.07, 6.45) is 0. The van der Waals surface area contributed by atoms with Crippen LogP contribution in [0.2, 0.25) is 0 Å². The molecule has 0 radical (unpaired) electrons. The predicted molar refractivity (Wildman–Crippen MR) is 61.0 cm³/mol. The minimum atomic E-state index is -0.759. The standard InChI is InChI=1S/C12H18FNO2/c1-12(2,15)8-14-7-9-4-5-11(16-3)10(13)6-9/h4-6,14-15H,7-8H2,1-3H3. The van der Waals surface area contributed by atoms with Crippen molar-refractivity contribution in [2.45, 2.75) is 26.0 Å². The lowest BCUT2D eigenvalue weighted by molar-refractivity contribution is 0.0795. The molecule has 0 amide bonds. The minimum Gasteiger partial charge on any atom is -0.494 e. The van der Waals surface area contributed by atoms with E-state index >= 15 is 0 Å². The van der Waals surface area contributed by atoms with Gasteiger partial charge in [-0.3, -0.25) is 0 Å². The van der Waals surface area contributed by atoms with E-state index in [0.717, 1.165) is 5.56 Å². The van der Waals surface area contributed by atoms with Crippen LogP contribution in [0.4, 0.5) is 4.39 Å². The summed E-state index contributed by atoms with van der Waals surface area (Å²) in [5.41, 5.74) is 0.0629. The van der Waals surface area contributed by atoms with Crippen molar-refractivity contribution in [3.63, 3.8) is 0 Å². The fraction of sp³-hybridized carbons (Fsp3) is 0.500. The molecular weight excluding hydrogens is 209 g/mol. The molecule has 4 heteroatoms. The Morgan fingerprint density at radius 1 is 1.44 bits per heavy atom. The van der Waals surface area contributed by atoms with Crippen LogP contribution in [0.25, 0.3) is 0 Å². The Kier molecular flexibility index (Phi) is 4.26. The van der Waals surface area contributed by atoms with E-state index in [2.05, 4.69) is 5.32 Å². The maximum Gasteiger partial charge on any atom is 0.165 e. The highest BCUT2D eigenvalue weighted by molar-refractivity contribution is 5.29. The van der Waals surface area contributed by atoms with Gasteiger partial charge in [0.05, 0.1) is 12.7 Å². The first kappa shape index (κ1) is 12.9. The first-order chi connectivity index (χ1) is 7.42. The zero-order valence-electron chi connectivity index (χ0n) is 9.88. The number of nitrogens with one attached hydrogen (secondary N) is 1. The molecule has 0 aliphatic rings. The van der Waals surface area contributed by atoms with Crippen molar-refractivity contribution in [2.24, 2.45) is 0 Å². The average Bonchev–Trinajstić information content (AvgIpc) is 2.16. The third-order valence-electron chi connectivity index (χ3n) is 2.10. The van der Waals surface area contributed by atoms with Crippen molar-refractivity contribution in [1.29, 1.82) is 0 Å². The maximum atomic E-state index is 13.3. The Morgan fingerprint density at radius 3 is 2.62 bits per heavy atom. The maximum absolute atomic E-state index is 13.3. The van der Waals surface area contributed by atoms with Crippen molar-refractivity contribution >= 4 is 0 Å². The second-order valence-electron chi connectivity index (χ2n) is 4.38. The Labute approximate surface area is 95.2 Å². The van der Waals surface area contributed by atoms with Gasteiger partial charge in [-0.15, -0.1) is 0 Å². The molecule has 0 atom stereocenters. The van der Waals surface area contributed by atoms with Crippen LogP contribution in [0.5, 0.6) is 5.75 Å². The number of halogens is 1. The number of methoxy groups -OCH3 is 1. The van der Waals surface area contributed by atoms with Crippen molar-refractivity contribution in [1.82, 2.24) is 5.32 Å². The fourth-order valence-electron chi connectivity index (χ4n) is 1.33. The van der Waals surface area contributed by atoms with Crippen LogP contribution in [-0.4, -0.2) is 24.4 Å². The van der Waals surface area contributed by atoms with Gasteiger partial charge in [-0.2, -0.15) is 0 Å². The SMILES string of the molecule is COc1ccc(CNCC(C)(C)O)cc1F. The molecule has 0 bridgehead atoms. The van der Waals surface area contributed by atoms with Gasteiger partial charge in [-0.05, 0) is 31.5 Å². The van der Waals surface area contributed by atoms with Gasteiger partial charge < -0.3 is 15.2 Å². The Balaban J connectivity index is 2.52. The first-order valence-corrected chi connectivity index (χ1v) is 5.18. The van der Waals surface area contributed by atoms with E-state index in [1.165, 1.54) is 13.2 Å². The van der Waals surface area contributed by atoms with Crippen LogP contribution >= 0.6 is 0 Å². The number of hydrogen-bond donors (Lipinski definition) is 2. The molecule has 0 saturated heterocycles. The van der Waals surface area contributed by atoms with E-state index in [1.807, 2.05) is 0 Å². The van der Waals surface area contributed by atoms with E-state index < -0.39 is 5.60 Å². The topological polar surface area (TPSA) is 41.5 Å². The molecule has 90 valence electrons. The van der Waals surface area contributed by atoms with Crippen LogP contribution in [-0.2, 0) is 6.54 Å². The molecule has 3 nitrogen and oxygen atoms in total. The van der Waals surface area contributed by atoms with Gasteiger partial charge >= 0.3 is 0 Å². The third kappa shape index (κ3) is 4.16. The van der Waals surface area contributed by atoms with Gasteiger partial charge in [0.1, 0.15) is 0 Å². The van der Waals surface area contributed by atoms with Crippen LogP contribution in [0, 0.1) is 5.82 Å². The van der Waals surface area contributed by atoms with E-state index in [9.17, 15) is 9.50 Å². The normalized spacial score (nSPS) is 11.6. The lowest BCUT2D eigenvalue weighted by Crippen LogP contribution is -2.34. The summed E-state index contributed by atoms with van der Waals surface area (Å²) in [7, 11) is 1.44. The number of aliphatic hydroxyl groups is 1. The number of hydrogen-bond acceptors (Lipinski definition) is 3. The van der Waals surface area contributed by atoms with Crippen LogP contribution in [0.15, 0.2) is 18.2 Å². The molecule has 1 aromatic carbocycles. The smallest absolute Gasteiger partial charge is 0.165 e. The quantitative estimate of drug-likeness (QED) is 0.804. The van der Waals surface area contributed by atoms with Crippen molar-refractivity contribution in [2.75, 3.05) is 13.7 Å². The summed E-state index contributed by atoms with van der Waals surface area (Å²) in [6, 6.07) is 4.81. The van der Waals surface area contributed by atoms with Gasteiger partial charge in [-0.1, -0.05) is 6.07 Å². The molecule has 0 fully saturated rings. The summed E-state index contributed by atoms with van der Waals surface area (Å²) in [4.78, 5) is 0. The van der Waals surface area contributed by atoms with E-state index in [4.69, 9.17) is 4.74 Å². The monoisotopic (exact) mass is 227 g/mol. The lowest BCUT2D eigenvalue weighted by Gasteiger charge is -2.17. The molecule has 0 aliphatic carbocycles. The molecule has 0 aromatic heterocycles. The van der Waals surface area contributed by atoms with Gasteiger partial charge in [-0.25, -0.2) is 4.39 Å². The zero-order valence-corrected chi connectivity index (χ0v) is 9.88. The van der Waals surface area contributed by atoms with E-state index in [0.29, 0.717) is 13.1 Å². The predicted octanol–water partition coefficient (Wildman–Crippen LogP) is 1.69. The molecule has 2 N–H and O–H groups in total. The van der Waals surface area contributed by atoms with Crippen molar-refractivity contribution < 1.29 is 14.2 Å². The second kappa shape index (κ2) is 5.27. The van der Waals surface area contributed by atoms with E-state index in [-0.39, 0.29) is 11.6 Å². The third-order valence-corrected chi connectivity index (χ3v) is 2.10. The molecule has 1 aromatic rings. The summed E-state index contributed by atoms with van der Waals surface area (Å²) >= 11 is 0. The van der Waals surface area contributed by atoms with Crippen molar-refractivity contribution in [3.8, 4) is 5.75 Å². The van der Waals surface area contributed by atoms with Crippen LogP contribution in [0.3, 0.4) is 0 Å². The van der Waals surface area contributed by atoms with Gasteiger partial charge in [0.15, 0.2) is 11.6 Å². The second-order valence-corrected chi connectivity index (χ2v) is 4.38. The minimum absolute atomic E-state index is 0.242. The molecule has 0 heterocycles. The first-order valence-electron chi connectivity index (χ1n) is 5.18. The molecule has 0 spiro atoms. The van der Waals surface area contributed by atoms with Crippen LogP contribution in [0.1, 0.15) is 19.4 Å². The highest BCUT2D eigenvalue weighted by Crippen LogP contribution is 2.17. The van der Waals surface area contributed by atoms with Gasteiger partial charge in [0, 0.05) is 13.1 Å². The Bertz CT molecular complexity index is 347. The van der Waals surface area contributed by atoms with Crippen LogP contribution < -0.4 is 10.1 Å². The average molecular weight is 227 g/mol. The molecule has 0 unspecified atom stereocenters. The Morgan fingerprint density at radius 2 is 2.12 bits per heavy atom. The summed E-state index contributed by atoms with van der Waals surface area (Å²) < 4.78 is 18.1. The zero-order chi connectivity index (χ0) is 12.2. The highest BCUT2D eigenvalue weighted by atomic mass is 19.1. The molecule has 0 saturated carbocycles. The number of benzene rings is 1. The summed E-state index contributed by atoms with van der Waals surface area (Å²) in [6.45, 7) is 4.41. The summed E-state index contributed by atoms with van der Waals surface area (Å²) in [5.74, 6) is -0.128. The summed E-state index contributed by atoms with van der Waals surface area (Å²) in [5, 5.41) is 12.5. The van der Waals surface area contributed by atoms with Crippen molar-refractivity contribution in [3.05, 3.63) is 29.6 Å².